The molecule has 0 radical (unpaired) electrons. The van der Waals surface area contributed by atoms with E-state index < -0.39 is 0 Å². The van der Waals surface area contributed by atoms with Crippen LogP contribution in [0, 0.1) is 5.92 Å². The second-order valence-corrected chi connectivity index (χ2v) is 6.15. The minimum atomic E-state index is 0.505. The summed E-state index contributed by atoms with van der Waals surface area (Å²) in [4.78, 5) is 0. The number of nitrogens with one attached hydrogen (secondary N) is 1. The van der Waals surface area contributed by atoms with E-state index in [2.05, 4.69) is 48.1 Å². The average Bonchev–Trinajstić information content (AvgIpc) is 2.80. The van der Waals surface area contributed by atoms with Crippen molar-refractivity contribution >= 4 is 0 Å². The molecule has 0 bridgehead atoms. The zero-order chi connectivity index (χ0) is 13.7. The first-order valence-electron chi connectivity index (χ1n) is 7.98. The lowest BCUT2D eigenvalue weighted by Crippen LogP contribution is -2.33. The number of aromatic nitrogens is 2. The average molecular weight is 263 g/mol. The van der Waals surface area contributed by atoms with Crippen molar-refractivity contribution < 1.29 is 0 Å². The van der Waals surface area contributed by atoms with Crippen LogP contribution in [0.25, 0.3) is 0 Å². The highest BCUT2D eigenvalue weighted by Gasteiger charge is 2.19. The molecule has 1 aliphatic carbocycles. The van der Waals surface area contributed by atoms with E-state index >= 15 is 0 Å². The summed E-state index contributed by atoms with van der Waals surface area (Å²) in [6.45, 7) is 7.73. The third-order valence-electron chi connectivity index (χ3n) is 4.61. The molecule has 0 spiro atoms. The maximum atomic E-state index is 4.67. The van der Waals surface area contributed by atoms with Crippen LogP contribution in [0.5, 0.6) is 0 Å². The molecule has 1 heterocycles. The predicted octanol–water partition coefficient (Wildman–Crippen LogP) is 3.91. The SMILES string of the molecule is CCC(C)n1ccc(CNC2CCCCCC2C)n1. The van der Waals surface area contributed by atoms with Crippen molar-refractivity contribution in [1.29, 1.82) is 0 Å². The van der Waals surface area contributed by atoms with Gasteiger partial charge in [0.15, 0.2) is 0 Å². The lowest BCUT2D eigenvalue weighted by Gasteiger charge is -2.22. The van der Waals surface area contributed by atoms with Gasteiger partial charge in [-0.25, -0.2) is 0 Å². The molecular formula is C16H29N3. The van der Waals surface area contributed by atoms with E-state index in [1.807, 2.05) is 0 Å². The molecule has 3 unspecified atom stereocenters. The van der Waals surface area contributed by atoms with Crippen molar-refractivity contribution in [2.75, 3.05) is 0 Å². The van der Waals surface area contributed by atoms with E-state index in [9.17, 15) is 0 Å². The number of hydrogen-bond acceptors (Lipinski definition) is 2. The van der Waals surface area contributed by atoms with Crippen LogP contribution in [0.4, 0.5) is 0 Å². The highest BCUT2D eigenvalue weighted by Crippen LogP contribution is 2.23. The lowest BCUT2D eigenvalue weighted by molar-refractivity contribution is 0.353. The second-order valence-electron chi connectivity index (χ2n) is 6.15. The Balaban J connectivity index is 1.85. The highest BCUT2D eigenvalue weighted by atomic mass is 15.3. The molecule has 2 rings (SSSR count). The van der Waals surface area contributed by atoms with Gasteiger partial charge >= 0.3 is 0 Å². The van der Waals surface area contributed by atoms with E-state index in [-0.39, 0.29) is 0 Å². The molecule has 1 aromatic heterocycles. The monoisotopic (exact) mass is 263 g/mol. The van der Waals surface area contributed by atoms with E-state index in [4.69, 9.17) is 0 Å². The first-order chi connectivity index (χ1) is 9.20. The fourth-order valence-corrected chi connectivity index (χ4v) is 2.94. The Morgan fingerprint density at radius 3 is 2.95 bits per heavy atom. The van der Waals surface area contributed by atoms with Crippen LogP contribution >= 0.6 is 0 Å². The van der Waals surface area contributed by atoms with E-state index in [1.165, 1.54) is 37.8 Å². The number of hydrogen-bond donors (Lipinski definition) is 1. The molecule has 0 aromatic carbocycles. The molecule has 0 aliphatic heterocycles. The van der Waals surface area contributed by atoms with Gasteiger partial charge in [-0.1, -0.05) is 33.1 Å². The Labute approximate surface area is 117 Å². The molecule has 1 fully saturated rings. The summed E-state index contributed by atoms with van der Waals surface area (Å²) >= 11 is 0. The fraction of sp³-hybridized carbons (Fsp3) is 0.812. The van der Waals surface area contributed by atoms with Gasteiger partial charge in [0.25, 0.3) is 0 Å². The minimum absolute atomic E-state index is 0.505. The van der Waals surface area contributed by atoms with Crippen LogP contribution in [0.2, 0.25) is 0 Å². The first-order valence-corrected chi connectivity index (χ1v) is 7.98. The zero-order valence-electron chi connectivity index (χ0n) is 12.7. The van der Waals surface area contributed by atoms with Crippen LogP contribution in [0.1, 0.15) is 71.0 Å². The third-order valence-corrected chi connectivity index (χ3v) is 4.61. The van der Waals surface area contributed by atoms with E-state index in [0.29, 0.717) is 12.1 Å². The Hall–Kier alpha value is -0.830. The van der Waals surface area contributed by atoms with Crippen molar-refractivity contribution in [2.45, 2.75) is 77.9 Å². The summed E-state index contributed by atoms with van der Waals surface area (Å²) in [5.41, 5.74) is 1.18. The van der Waals surface area contributed by atoms with Crippen LogP contribution in [-0.2, 0) is 6.54 Å². The predicted molar refractivity (Wildman–Crippen MR) is 80.1 cm³/mol. The Kier molecular flexibility index (Phi) is 5.44. The summed E-state index contributed by atoms with van der Waals surface area (Å²) in [5, 5.41) is 8.39. The van der Waals surface area contributed by atoms with Gasteiger partial charge in [0.1, 0.15) is 0 Å². The van der Waals surface area contributed by atoms with Gasteiger partial charge in [-0.15, -0.1) is 0 Å². The van der Waals surface area contributed by atoms with Gasteiger partial charge in [0.05, 0.1) is 5.69 Å². The molecule has 3 heteroatoms. The van der Waals surface area contributed by atoms with Gasteiger partial charge in [-0.2, -0.15) is 5.10 Å². The van der Waals surface area contributed by atoms with Crippen LogP contribution in [0.3, 0.4) is 0 Å². The molecule has 3 nitrogen and oxygen atoms in total. The number of nitrogens with zero attached hydrogens (tertiary/aromatic N) is 2. The van der Waals surface area contributed by atoms with Gasteiger partial charge in [-0.05, 0) is 38.2 Å². The molecule has 1 N–H and O–H groups in total. The highest BCUT2D eigenvalue weighted by molar-refractivity contribution is 4.99. The standard InChI is InChI=1S/C16H29N3/c1-4-14(3)19-11-10-15(18-19)12-17-16-9-7-5-6-8-13(16)2/h10-11,13-14,16-17H,4-9,12H2,1-3H3. The summed E-state index contributed by atoms with van der Waals surface area (Å²) in [6.07, 6.45) is 10.1. The molecular weight excluding hydrogens is 234 g/mol. The van der Waals surface area contributed by atoms with Crippen LogP contribution in [0.15, 0.2) is 12.3 Å². The van der Waals surface area contributed by atoms with Crippen molar-refractivity contribution in [3.8, 4) is 0 Å². The molecule has 19 heavy (non-hydrogen) atoms. The zero-order valence-corrected chi connectivity index (χ0v) is 12.7. The maximum absolute atomic E-state index is 4.67. The molecule has 108 valence electrons. The van der Waals surface area contributed by atoms with E-state index in [1.54, 1.807) is 0 Å². The van der Waals surface area contributed by atoms with Gasteiger partial charge in [0, 0.05) is 24.8 Å². The molecule has 0 amide bonds. The van der Waals surface area contributed by atoms with Crippen molar-refractivity contribution in [2.24, 2.45) is 5.92 Å². The summed E-state index contributed by atoms with van der Waals surface area (Å²) < 4.78 is 2.09. The van der Waals surface area contributed by atoms with Crippen molar-refractivity contribution in [3.05, 3.63) is 18.0 Å². The Morgan fingerprint density at radius 1 is 1.37 bits per heavy atom. The summed E-state index contributed by atoms with van der Waals surface area (Å²) in [7, 11) is 0. The minimum Gasteiger partial charge on any atom is -0.308 e. The molecule has 1 saturated carbocycles. The molecule has 1 aromatic rings. The molecule has 0 saturated heterocycles. The Bertz CT molecular complexity index is 372. The molecule has 1 aliphatic rings. The van der Waals surface area contributed by atoms with E-state index in [0.717, 1.165) is 18.9 Å². The smallest absolute Gasteiger partial charge is 0.0762 e. The second kappa shape index (κ2) is 7.09. The lowest BCUT2D eigenvalue weighted by atomic mass is 9.97. The van der Waals surface area contributed by atoms with Crippen LogP contribution in [-0.4, -0.2) is 15.8 Å². The Morgan fingerprint density at radius 2 is 2.16 bits per heavy atom. The third kappa shape index (κ3) is 4.07. The normalized spacial score (nSPS) is 26.1. The number of rotatable bonds is 5. The van der Waals surface area contributed by atoms with Gasteiger partial charge in [0.2, 0.25) is 0 Å². The van der Waals surface area contributed by atoms with Gasteiger partial charge < -0.3 is 5.32 Å². The quantitative estimate of drug-likeness (QED) is 0.816. The van der Waals surface area contributed by atoms with Crippen molar-refractivity contribution in [1.82, 2.24) is 15.1 Å². The largest absolute Gasteiger partial charge is 0.308 e. The first kappa shape index (κ1) is 14.6. The summed E-state index contributed by atoms with van der Waals surface area (Å²) in [5.74, 6) is 0.805. The van der Waals surface area contributed by atoms with Crippen molar-refractivity contribution in [3.63, 3.8) is 0 Å². The van der Waals surface area contributed by atoms with Crippen LogP contribution < -0.4 is 5.32 Å². The maximum Gasteiger partial charge on any atom is 0.0762 e. The topological polar surface area (TPSA) is 29.9 Å². The fourth-order valence-electron chi connectivity index (χ4n) is 2.94. The van der Waals surface area contributed by atoms with Gasteiger partial charge in [-0.3, -0.25) is 4.68 Å². The molecule has 3 atom stereocenters. The summed E-state index contributed by atoms with van der Waals surface area (Å²) in [6, 6.07) is 3.34.